The van der Waals surface area contributed by atoms with Crippen LogP contribution in [0, 0.1) is 5.41 Å². The van der Waals surface area contributed by atoms with Crippen molar-refractivity contribution in [3.8, 4) is 0 Å². The zero-order valence-electron chi connectivity index (χ0n) is 14.2. The van der Waals surface area contributed by atoms with Gasteiger partial charge in [0.15, 0.2) is 0 Å². The Morgan fingerprint density at radius 2 is 2.08 bits per heavy atom. The standard InChI is InChI=1S/C19H21N5/c1-4-21-10-14(9-20)16-8-15-18(11-23-16)24-19(15)17-7-13(12(2)3)5-6-22-17/h5-12,14,20H,4H2,1-3H3. The first-order chi connectivity index (χ1) is 11.6. The summed E-state index contributed by atoms with van der Waals surface area (Å²) in [6.07, 6.45) is 6.73. The molecule has 3 rings (SSSR count). The molecule has 0 fully saturated rings. The van der Waals surface area contributed by atoms with Gasteiger partial charge < -0.3 is 5.41 Å². The second-order valence-electron chi connectivity index (χ2n) is 6.06. The normalized spacial score (nSPS) is 14.2. The lowest BCUT2D eigenvalue weighted by Gasteiger charge is -2.20. The summed E-state index contributed by atoms with van der Waals surface area (Å²) in [6, 6.07) is 6.14. The van der Waals surface area contributed by atoms with Crippen molar-refractivity contribution >= 4 is 23.8 Å². The molecular weight excluding hydrogens is 298 g/mol. The summed E-state index contributed by atoms with van der Waals surface area (Å²) in [4.78, 5) is 17.7. The van der Waals surface area contributed by atoms with Gasteiger partial charge in [-0.2, -0.15) is 0 Å². The van der Waals surface area contributed by atoms with Gasteiger partial charge in [0, 0.05) is 30.7 Å². The molecule has 2 aromatic heterocycles. The van der Waals surface area contributed by atoms with E-state index in [0.29, 0.717) is 12.5 Å². The number of aromatic nitrogens is 2. The van der Waals surface area contributed by atoms with Crippen LogP contribution in [0.15, 0.2) is 40.6 Å². The van der Waals surface area contributed by atoms with E-state index in [-0.39, 0.29) is 5.92 Å². The van der Waals surface area contributed by atoms with Gasteiger partial charge in [-0.1, -0.05) is 13.8 Å². The van der Waals surface area contributed by atoms with E-state index in [2.05, 4.69) is 39.9 Å². The number of nitrogens with one attached hydrogen (secondary N) is 1. The highest BCUT2D eigenvalue weighted by molar-refractivity contribution is 6.21. The zero-order valence-corrected chi connectivity index (χ0v) is 14.2. The Balaban J connectivity index is 1.92. The maximum atomic E-state index is 7.61. The Hall–Kier alpha value is -2.69. The van der Waals surface area contributed by atoms with Crippen molar-refractivity contribution in [1.29, 1.82) is 5.41 Å². The van der Waals surface area contributed by atoms with Crippen LogP contribution in [0.5, 0.6) is 0 Å². The molecule has 1 aliphatic heterocycles. The Morgan fingerprint density at radius 3 is 2.79 bits per heavy atom. The molecule has 24 heavy (non-hydrogen) atoms. The predicted octanol–water partition coefficient (Wildman–Crippen LogP) is 3.91. The van der Waals surface area contributed by atoms with Gasteiger partial charge in [-0.3, -0.25) is 15.0 Å². The molecule has 1 N–H and O–H groups in total. The molecular formula is C19H21N5. The minimum atomic E-state index is -0.202. The topological polar surface area (TPSA) is 74.3 Å². The maximum absolute atomic E-state index is 7.61. The van der Waals surface area contributed by atoms with Crippen LogP contribution in [-0.4, -0.2) is 34.7 Å². The monoisotopic (exact) mass is 319 g/mol. The fourth-order valence-electron chi connectivity index (χ4n) is 2.61. The molecule has 0 aliphatic carbocycles. The molecule has 0 amide bonds. The molecule has 0 saturated heterocycles. The van der Waals surface area contributed by atoms with Crippen molar-refractivity contribution in [2.24, 2.45) is 9.98 Å². The first-order valence-corrected chi connectivity index (χ1v) is 8.20. The Labute approximate surface area is 142 Å². The largest absolute Gasteiger partial charge is 0.312 e. The number of hydrogen-bond donors (Lipinski definition) is 1. The highest BCUT2D eigenvalue weighted by Crippen LogP contribution is 2.33. The molecule has 3 heterocycles. The third-order valence-corrected chi connectivity index (χ3v) is 4.05. The maximum Gasteiger partial charge on any atom is 0.0989 e. The lowest BCUT2D eigenvalue weighted by molar-refractivity contribution is 0.862. The summed E-state index contributed by atoms with van der Waals surface area (Å²) < 4.78 is 0. The van der Waals surface area contributed by atoms with Crippen molar-refractivity contribution in [3.63, 3.8) is 0 Å². The van der Waals surface area contributed by atoms with E-state index in [4.69, 9.17) is 5.41 Å². The number of aliphatic imine (C=N–C) groups is 2. The summed E-state index contributed by atoms with van der Waals surface area (Å²) in [5.41, 5.74) is 5.77. The van der Waals surface area contributed by atoms with Crippen LogP contribution in [-0.2, 0) is 0 Å². The second-order valence-corrected chi connectivity index (χ2v) is 6.06. The molecule has 1 unspecified atom stereocenters. The summed E-state index contributed by atoms with van der Waals surface area (Å²) in [7, 11) is 0. The van der Waals surface area contributed by atoms with Gasteiger partial charge >= 0.3 is 0 Å². The van der Waals surface area contributed by atoms with Gasteiger partial charge in [-0.05, 0) is 36.6 Å². The van der Waals surface area contributed by atoms with Crippen molar-refractivity contribution < 1.29 is 0 Å². The van der Waals surface area contributed by atoms with Crippen molar-refractivity contribution in [2.45, 2.75) is 32.6 Å². The molecule has 5 nitrogen and oxygen atoms in total. The van der Waals surface area contributed by atoms with Gasteiger partial charge in [0.05, 0.1) is 34.9 Å². The number of hydrogen-bond acceptors (Lipinski definition) is 5. The van der Waals surface area contributed by atoms with Gasteiger partial charge in [-0.25, -0.2) is 4.99 Å². The summed E-state index contributed by atoms with van der Waals surface area (Å²) in [5.74, 6) is 0.250. The van der Waals surface area contributed by atoms with E-state index in [0.717, 1.165) is 28.4 Å². The third-order valence-electron chi connectivity index (χ3n) is 4.05. The fraction of sp³-hybridized carbons (Fsp3) is 0.316. The van der Waals surface area contributed by atoms with E-state index >= 15 is 0 Å². The third kappa shape index (κ3) is 3.02. The minimum absolute atomic E-state index is 0.202. The predicted molar refractivity (Wildman–Crippen MR) is 98.4 cm³/mol. The quantitative estimate of drug-likeness (QED) is 0.700. The summed E-state index contributed by atoms with van der Waals surface area (Å²) in [5, 5.41) is 7.61. The van der Waals surface area contributed by atoms with E-state index in [1.807, 2.05) is 25.3 Å². The number of nitrogens with zero attached hydrogens (tertiary/aromatic N) is 4. The molecule has 1 aliphatic rings. The molecule has 0 saturated carbocycles. The molecule has 1 atom stereocenters. The molecule has 2 aromatic rings. The van der Waals surface area contributed by atoms with Crippen LogP contribution in [0.2, 0.25) is 0 Å². The highest BCUT2D eigenvalue weighted by atomic mass is 14.9. The van der Waals surface area contributed by atoms with Crippen LogP contribution in [0.1, 0.15) is 55.1 Å². The van der Waals surface area contributed by atoms with Gasteiger partial charge in [0.1, 0.15) is 0 Å². The Kier molecular flexibility index (Phi) is 4.60. The first kappa shape index (κ1) is 16.2. The highest BCUT2D eigenvalue weighted by Gasteiger charge is 2.24. The Morgan fingerprint density at radius 1 is 1.25 bits per heavy atom. The summed E-state index contributed by atoms with van der Waals surface area (Å²) in [6.45, 7) is 7.01. The number of pyridine rings is 2. The molecule has 0 bridgehead atoms. The van der Waals surface area contributed by atoms with Crippen molar-refractivity contribution in [1.82, 2.24) is 9.97 Å². The lowest BCUT2D eigenvalue weighted by atomic mass is 9.95. The molecule has 122 valence electrons. The average Bonchev–Trinajstić information content (AvgIpc) is 2.57. The minimum Gasteiger partial charge on any atom is -0.312 e. The SMILES string of the molecule is CCN=CC(C=N)c1cc2c(cn1)N=C2c1cc(C(C)C)ccn1. The van der Waals surface area contributed by atoms with Crippen LogP contribution in [0.3, 0.4) is 0 Å². The average molecular weight is 319 g/mol. The molecule has 0 spiro atoms. The smallest absolute Gasteiger partial charge is 0.0989 e. The molecule has 5 heteroatoms. The van der Waals surface area contributed by atoms with Gasteiger partial charge in [0.2, 0.25) is 0 Å². The van der Waals surface area contributed by atoms with Gasteiger partial charge in [0.25, 0.3) is 0 Å². The van der Waals surface area contributed by atoms with Crippen LogP contribution >= 0.6 is 0 Å². The summed E-state index contributed by atoms with van der Waals surface area (Å²) >= 11 is 0. The zero-order chi connectivity index (χ0) is 17.1. The van der Waals surface area contributed by atoms with E-state index in [1.54, 1.807) is 12.4 Å². The van der Waals surface area contributed by atoms with E-state index in [1.165, 1.54) is 11.8 Å². The number of fused-ring (bicyclic) bond motifs is 1. The van der Waals surface area contributed by atoms with Gasteiger partial charge in [-0.15, -0.1) is 0 Å². The van der Waals surface area contributed by atoms with E-state index < -0.39 is 0 Å². The second kappa shape index (κ2) is 6.83. The fourth-order valence-corrected chi connectivity index (χ4v) is 2.61. The Bertz CT molecular complexity index is 820. The molecule has 0 radical (unpaired) electrons. The van der Waals surface area contributed by atoms with E-state index in [9.17, 15) is 0 Å². The van der Waals surface area contributed by atoms with Crippen molar-refractivity contribution in [2.75, 3.05) is 6.54 Å². The van der Waals surface area contributed by atoms with Crippen LogP contribution in [0.25, 0.3) is 0 Å². The van der Waals surface area contributed by atoms with Crippen LogP contribution in [0.4, 0.5) is 5.69 Å². The number of rotatable bonds is 6. The first-order valence-electron chi connectivity index (χ1n) is 8.20. The molecule has 0 aromatic carbocycles. The van der Waals surface area contributed by atoms with Crippen LogP contribution < -0.4 is 0 Å². The van der Waals surface area contributed by atoms with Crippen molar-refractivity contribution in [3.05, 3.63) is 53.1 Å². The lowest BCUT2D eigenvalue weighted by Crippen LogP contribution is -2.16.